The van der Waals surface area contributed by atoms with Gasteiger partial charge in [0.2, 0.25) is 0 Å². The van der Waals surface area contributed by atoms with Gasteiger partial charge in [-0.3, -0.25) is 14.9 Å². The van der Waals surface area contributed by atoms with Crippen LogP contribution in [0.5, 0.6) is 0 Å². The first-order valence-electron chi connectivity index (χ1n) is 6.03. The molecule has 0 fully saturated rings. The van der Waals surface area contributed by atoms with E-state index >= 15 is 0 Å². The number of benzene rings is 2. The first-order valence-corrected chi connectivity index (χ1v) is 7.02. The minimum atomic E-state index is -0.409. The van der Waals surface area contributed by atoms with E-state index in [1.165, 1.54) is 12.1 Å². The summed E-state index contributed by atoms with van der Waals surface area (Å²) in [4.78, 5) is 22.5. The first-order chi connectivity index (χ1) is 9.56. The van der Waals surface area contributed by atoms with Gasteiger partial charge in [-0.25, -0.2) is 0 Å². The number of non-ortho nitro benzene ring substituents is 1. The highest BCUT2D eigenvalue weighted by molar-refractivity contribution is 7.98. The van der Waals surface area contributed by atoms with Crippen LogP contribution in [0.3, 0.4) is 0 Å². The van der Waals surface area contributed by atoms with Crippen molar-refractivity contribution < 1.29 is 9.72 Å². The molecule has 0 aromatic heterocycles. The highest BCUT2D eigenvalue weighted by atomic mass is 32.2. The molecule has 102 valence electrons. The van der Waals surface area contributed by atoms with Crippen molar-refractivity contribution in [1.29, 1.82) is 0 Å². The van der Waals surface area contributed by atoms with Gasteiger partial charge in [0.05, 0.1) is 4.92 Å². The van der Waals surface area contributed by atoms with Crippen molar-refractivity contribution in [2.45, 2.75) is 17.6 Å². The Balaban J connectivity index is 2.03. The molecule has 0 heterocycles. The van der Waals surface area contributed by atoms with Crippen LogP contribution < -0.4 is 0 Å². The summed E-state index contributed by atoms with van der Waals surface area (Å²) >= 11 is 1.60. The second-order valence-electron chi connectivity index (χ2n) is 4.30. The molecule has 0 amide bonds. The monoisotopic (exact) mass is 287 g/mol. The zero-order valence-corrected chi connectivity index (χ0v) is 11.7. The van der Waals surface area contributed by atoms with Crippen LogP contribution in [0.1, 0.15) is 22.8 Å². The Hall–Kier alpha value is -2.14. The molecule has 0 aliphatic rings. The third-order valence-electron chi connectivity index (χ3n) is 2.79. The minimum absolute atomic E-state index is 0.0442. The Kier molecular flexibility index (Phi) is 4.53. The Morgan fingerprint density at radius 2 is 1.90 bits per heavy atom. The van der Waals surface area contributed by atoms with Gasteiger partial charge in [-0.15, -0.1) is 11.8 Å². The summed E-state index contributed by atoms with van der Waals surface area (Å²) in [6, 6.07) is 14.0. The van der Waals surface area contributed by atoms with Crippen LogP contribution >= 0.6 is 11.8 Å². The summed E-state index contributed by atoms with van der Waals surface area (Å²) in [5, 5.41) is 10.6. The van der Waals surface area contributed by atoms with Gasteiger partial charge in [0.25, 0.3) is 5.69 Å². The molecule has 0 saturated heterocycles. The highest BCUT2D eigenvalue weighted by Crippen LogP contribution is 2.24. The van der Waals surface area contributed by atoms with Gasteiger partial charge >= 0.3 is 0 Å². The maximum Gasteiger partial charge on any atom is 0.269 e. The summed E-state index contributed by atoms with van der Waals surface area (Å²) in [6.07, 6.45) is 0. The number of nitro benzene ring substituents is 1. The fourth-order valence-electron chi connectivity index (χ4n) is 1.69. The van der Waals surface area contributed by atoms with Crippen molar-refractivity contribution in [3.05, 3.63) is 69.8 Å². The van der Waals surface area contributed by atoms with E-state index in [1.807, 2.05) is 18.2 Å². The molecule has 5 heteroatoms. The van der Waals surface area contributed by atoms with Crippen molar-refractivity contribution >= 4 is 23.2 Å². The average molecular weight is 287 g/mol. The Bertz CT molecular complexity index is 638. The Labute approximate surface area is 121 Å². The van der Waals surface area contributed by atoms with Crippen molar-refractivity contribution in [1.82, 2.24) is 0 Å². The molecule has 2 rings (SSSR count). The normalized spacial score (nSPS) is 10.2. The maximum absolute atomic E-state index is 11.3. The number of nitrogens with zero attached hydrogens (tertiary/aromatic N) is 1. The molecule has 0 aliphatic carbocycles. The van der Waals surface area contributed by atoms with Crippen molar-refractivity contribution in [2.75, 3.05) is 0 Å². The molecule has 2 aromatic carbocycles. The van der Waals surface area contributed by atoms with Crippen LogP contribution in [0, 0.1) is 10.1 Å². The van der Waals surface area contributed by atoms with E-state index in [4.69, 9.17) is 0 Å². The average Bonchev–Trinajstić information content (AvgIpc) is 2.46. The van der Waals surface area contributed by atoms with Gasteiger partial charge in [-0.05, 0) is 24.6 Å². The minimum Gasteiger partial charge on any atom is -0.295 e. The van der Waals surface area contributed by atoms with Gasteiger partial charge in [0.1, 0.15) is 0 Å². The fraction of sp³-hybridized carbons (Fsp3) is 0.133. The number of hydrogen-bond donors (Lipinski definition) is 0. The standard InChI is InChI=1S/C15H13NO3S/c1-11(17)13-3-2-4-15(9-13)20-10-12-5-7-14(8-6-12)16(18)19/h2-9H,10H2,1H3. The van der Waals surface area contributed by atoms with Gasteiger partial charge in [-0.1, -0.05) is 24.3 Å². The molecule has 0 aliphatic heterocycles. The summed E-state index contributed by atoms with van der Waals surface area (Å²) in [7, 11) is 0. The molecule has 0 radical (unpaired) electrons. The van der Waals surface area contributed by atoms with Crippen molar-refractivity contribution in [2.24, 2.45) is 0 Å². The van der Waals surface area contributed by atoms with Crippen LogP contribution in [-0.2, 0) is 5.75 Å². The molecule has 2 aromatic rings. The van der Waals surface area contributed by atoms with Crippen LogP contribution in [0.4, 0.5) is 5.69 Å². The van der Waals surface area contributed by atoms with Gasteiger partial charge < -0.3 is 0 Å². The summed E-state index contributed by atoms with van der Waals surface area (Å²) in [6.45, 7) is 1.54. The molecule has 0 N–H and O–H groups in total. The lowest BCUT2D eigenvalue weighted by Crippen LogP contribution is -1.91. The van der Waals surface area contributed by atoms with E-state index in [2.05, 4.69) is 0 Å². The topological polar surface area (TPSA) is 60.2 Å². The Morgan fingerprint density at radius 1 is 1.20 bits per heavy atom. The molecule has 0 unspecified atom stereocenters. The van der Waals surface area contributed by atoms with E-state index in [-0.39, 0.29) is 11.5 Å². The smallest absolute Gasteiger partial charge is 0.269 e. The number of carbonyl (C=O) groups excluding carboxylic acids is 1. The third-order valence-corrected chi connectivity index (χ3v) is 3.86. The number of carbonyl (C=O) groups is 1. The number of thioether (sulfide) groups is 1. The summed E-state index contributed by atoms with van der Waals surface area (Å²) in [5.74, 6) is 0.752. The zero-order chi connectivity index (χ0) is 14.5. The second kappa shape index (κ2) is 6.34. The van der Waals surface area contributed by atoms with Crippen molar-refractivity contribution in [3.8, 4) is 0 Å². The third kappa shape index (κ3) is 3.68. The highest BCUT2D eigenvalue weighted by Gasteiger charge is 2.05. The molecular weight excluding hydrogens is 274 g/mol. The number of hydrogen-bond acceptors (Lipinski definition) is 4. The zero-order valence-electron chi connectivity index (χ0n) is 10.9. The maximum atomic E-state index is 11.3. The van der Waals surface area contributed by atoms with Crippen LogP contribution in [-0.4, -0.2) is 10.7 Å². The van der Waals surface area contributed by atoms with Crippen LogP contribution in [0.15, 0.2) is 53.4 Å². The number of ketones is 1. The molecule has 20 heavy (non-hydrogen) atoms. The quantitative estimate of drug-likeness (QED) is 0.359. The predicted octanol–water partition coefficient (Wildman–Crippen LogP) is 4.09. The second-order valence-corrected chi connectivity index (χ2v) is 5.35. The van der Waals surface area contributed by atoms with Gasteiger partial charge in [0.15, 0.2) is 5.78 Å². The van der Waals surface area contributed by atoms with E-state index in [9.17, 15) is 14.9 Å². The first kappa shape index (κ1) is 14.3. The van der Waals surface area contributed by atoms with Crippen molar-refractivity contribution in [3.63, 3.8) is 0 Å². The molecule has 4 nitrogen and oxygen atoms in total. The summed E-state index contributed by atoms with van der Waals surface area (Å²) < 4.78 is 0. The largest absolute Gasteiger partial charge is 0.295 e. The molecule has 0 bridgehead atoms. The lowest BCUT2D eigenvalue weighted by atomic mass is 10.2. The van der Waals surface area contributed by atoms with Crippen LogP contribution in [0.2, 0.25) is 0 Å². The summed E-state index contributed by atoms with van der Waals surface area (Å²) in [5.41, 5.74) is 1.80. The molecule has 0 spiro atoms. The number of Topliss-reactive ketones (excluding diaryl/α,β-unsaturated/α-hetero) is 1. The van der Waals surface area contributed by atoms with Gasteiger partial charge in [-0.2, -0.15) is 0 Å². The molecule has 0 atom stereocenters. The lowest BCUT2D eigenvalue weighted by molar-refractivity contribution is -0.384. The van der Waals surface area contributed by atoms with E-state index < -0.39 is 4.92 Å². The Morgan fingerprint density at radius 3 is 2.50 bits per heavy atom. The van der Waals surface area contributed by atoms with Crippen LogP contribution in [0.25, 0.3) is 0 Å². The lowest BCUT2D eigenvalue weighted by Gasteiger charge is -2.03. The van der Waals surface area contributed by atoms with E-state index in [1.54, 1.807) is 36.9 Å². The molecule has 0 saturated carbocycles. The van der Waals surface area contributed by atoms with E-state index in [0.29, 0.717) is 11.3 Å². The fourth-order valence-corrected chi connectivity index (χ4v) is 2.60. The number of rotatable bonds is 5. The predicted molar refractivity (Wildman–Crippen MR) is 79.1 cm³/mol. The number of nitro groups is 1. The SMILES string of the molecule is CC(=O)c1cccc(SCc2ccc([N+](=O)[O-])cc2)c1. The molecular formula is C15H13NO3S. The van der Waals surface area contributed by atoms with Gasteiger partial charge in [0, 0.05) is 28.3 Å². The van der Waals surface area contributed by atoms with E-state index in [0.717, 1.165) is 10.5 Å².